The molecule has 0 amide bonds. The maximum atomic E-state index is 5.03. The molecule has 0 spiro atoms. The summed E-state index contributed by atoms with van der Waals surface area (Å²) in [6.07, 6.45) is 14.3. The minimum absolute atomic E-state index is 0.0182. The minimum Gasteiger partial charge on any atom is -0.184 e. The molecule has 0 aliphatic carbocycles. The van der Waals surface area contributed by atoms with E-state index in [2.05, 4.69) is 217 Å². The molecular weight excluding hydrogens is 1160 g/mol. The SMILES string of the molecule is C/C=C\C.CC.CC.CC.CCCCC(CC)CS1(CC(CC)CCC)c2cc(C)sc2-c2sc(CC(C)(C)c3ccc(-c4ccc(-c5ccc(C(C)(C)C(C)(C)c6ccc7ccc8c(C(C)(C)C)ccc9ccc6c7c98)s5)c5nsnc45)s3)cc21. The van der Waals surface area contributed by atoms with Crippen LogP contribution in [0.15, 0.2) is 119 Å². The normalized spacial score (nSPS) is 15.7. The van der Waals surface area contributed by atoms with E-state index in [-0.39, 0.29) is 21.7 Å². The van der Waals surface area contributed by atoms with Gasteiger partial charge in [-0.1, -0.05) is 236 Å². The molecule has 0 saturated carbocycles. The summed E-state index contributed by atoms with van der Waals surface area (Å²) in [4.78, 5) is 15.2. The Morgan fingerprint density at radius 3 is 1.52 bits per heavy atom. The first-order valence-corrected chi connectivity index (χ1v) is 38.9. The van der Waals surface area contributed by atoms with E-state index in [9.17, 15) is 0 Å². The van der Waals surface area contributed by atoms with Gasteiger partial charge in [0.25, 0.3) is 0 Å². The number of unbranched alkanes of at least 4 members (excludes halogenated alkanes) is 1. The highest BCUT2D eigenvalue weighted by molar-refractivity contribution is 8.34. The van der Waals surface area contributed by atoms with Crippen LogP contribution in [0.3, 0.4) is 0 Å². The maximum Gasteiger partial charge on any atom is 0.114 e. The standard InChI is InChI=1S/C68H80N2S6.C4H8.3C2H6/c1-15-19-21-43(18-4)40-76(39-42(17-3)20-16-2)55-36-41(5)71-63(55)64-56(76)37-46(72-64)38-66(9,10)57-34-32-53(73-57)49-28-29-50(62-61(49)69-75-70-62)54-33-35-58(74-54)68(13,14)67(11,12)52-31-25-45-22-26-47-51(65(6,7)8)30-24-44-23-27-48(52)60(45)59(44)47;1-3-4-2;3*1-2/h22-37,42-43H,15-21,38-40H2,1-14H3;3-4H,1-2H3;3*1-2H3/b;4-3-;;;. The number of nitrogens with zero attached hydrogens (tertiary/aromatic N) is 2. The predicted octanol–water partition coefficient (Wildman–Crippen LogP) is 27.5. The monoisotopic (exact) mass is 1260 g/mol. The summed E-state index contributed by atoms with van der Waals surface area (Å²) in [5, 5.41) is 8.19. The third-order valence-corrected chi connectivity index (χ3v) is 29.0. The van der Waals surface area contributed by atoms with Crippen LogP contribution in [0.5, 0.6) is 0 Å². The molecule has 3 atom stereocenters. The lowest BCUT2D eigenvalue weighted by atomic mass is 9.62. The van der Waals surface area contributed by atoms with Crippen LogP contribution in [0.1, 0.15) is 221 Å². The summed E-state index contributed by atoms with van der Waals surface area (Å²) in [5.74, 6) is 4.32. The summed E-state index contributed by atoms with van der Waals surface area (Å²) in [6.45, 7) is 49.8. The first-order valence-electron chi connectivity index (χ1n) is 32.9. The third-order valence-electron chi connectivity index (χ3n) is 18.6. The Morgan fingerprint density at radius 2 is 1.00 bits per heavy atom. The van der Waals surface area contributed by atoms with Crippen molar-refractivity contribution in [2.24, 2.45) is 11.8 Å². The van der Waals surface area contributed by atoms with E-state index in [4.69, 9.17) is 8.75 Å². The molecule has 11 rings (SSSR count). The number of fused-ring (bicyclic) bond motifs is 4. The highest BCUT2D eigenvalue weighted by atomic mass is 32.3. The number of benzene rings is 5. The van der Waals surface area contributed by atoms with E-state index in [1.54, 1.807) is 24.4 Å². The molecule has 5 aromatic carbocycles. The zero-order valence-electron chi connectivity index (χ0n) is 57.0. The van der Waals surface area contributed by atoms with Crippen LogP contribution in [0.4, 0.5) is 0 Å². The highest BCUT2D eigenvalue weighted by Crippen LogP contribution is 2.76. The fourth-order valence-corrected chi connectivity index (χ4v) is 25.1. The second kappa shape index (κ2) is 29.2. The van der Waals surface area contributed by atoms with Crippen molar-refractivity contribution in [1.29, 1.82) is 0 Å². The second-order valence-corrected chi connectivity index (χ2v) is 34.4. The summed E-state index contributed by atoms with van der Waals surface area (Å²) >= 11 is 9.43. The van der Waals surface area contributed by atoms with Gasteiger partial charge < -0.3 is 0 Å². The van der Waals surface area contributed by atoms with E-state index in [1.807, 2.05) is 90.2 Å². The Kier molecular flexibility index (Phi) is 23.5. The van der Waals surface area contributed by atoms with E-state index in [0.29, 0.717) is 0 Å². The second-order valence-electron chi connectivity index (χ2n) is 26.0. The Bertz CT molecular complexity index is 3810. The van der Waals surface area contributed by atoms with Crippen molar-refractivity contribution in [3.63, 3.8) is 0 Å². The van der Waals surface area contributed by atoms with Gasteiger partial charge in [-0.05, 0) is 149 Å². The Balaban J connectivity index is 0.000000997. The lowest BCUT2D eigenvalue weighted by Crippen LogP contribution is -2.39. The van der Waals surface area contributed by atoms with Crippen LogP contribution < -0.4 is 0 Å². The van der Waals surface area contributed by atoms with Gasteiger partial charge >= 0.3 is 0 Å². The number of allylic oxidation sites excluding steroid dienone is 2. The number of aryl methyl sites for hydroxylation is 1. The molecule has 0 N–H and O–H groups in total. The molecule has 464 valence electrons. The molecule has 10 aromatic rings. The van der Waals surface area contributed by atoms with Crippen LogP contribution in [-0.4, -0.2) is 20.3 Å². The molecule has 2 nitrogen and oxygen atoms in total. The smallest absolute Gasteiger partial charge is 0.114 e. The average molecular weight is 1260 g/mol. The van der Waals surface area contributed by atoms with Gasteiger partial charge in [0.05, 0.1) is 21.5 Å². The first kappa shape index (κ1) is 69.3. The van der Waals surface area contributed by atoms with Gasteiger partial charge in [-0.2, -0.15) is 18.8 Å². The molecule has 0 saturated heterocycles. The van der Waals surface area contributed by atoms with E-state index < -0.39 is 10.0 Å². The predicted molar refractivity (Wildman–Crippen MR) is 398 cm³/mol. The fourth-order valence-electron chi connectivity index (χ4n) is 13.1. The molecule has 3 unspecified atom stereocenters. The van der Waals surface area contributed by atoms with Gasteiger partial charge in [0.2, 0.25) is 0 Å². The average Bonchev–Trinajstić information content (AvgIpc) is 1.36. The Hall–Kier alpha value is -4.15. The number of hydrogen-bond acceptors (Lipinski definition) is 7. The van der Waals surface area contributed by atoms with Crippen LogP contribution in [0.25, 0.3) is 74.0 Å². The maximum absolute atomic E-state index is 5.03. The van der Waals surface area contributed by atoms with Crippen molar-refractivity contribution in [2.75, 3.05) is 11.5 Å². The summed E-state index contributed by atoms with van der Waals surface area (Å²) < 4.78 is 10.1. The molecule has 86 heavy (non-hydrogen) atoms. The van der Waals surface area contributed by atoms with Crippen molar-refractivity contribution >= 4 is 110 Å². The quantitative estimate of drug-likeness (QED) is 0.0596. The summed E-state index contributed by atoms with van der Waals surface area (Å²) in [6, 6.07) is 38.4. The van der Waals surface area contributed by atoms with E-state index in [0.717, 1.165) is 29.3 Å². The molecule has 0 bridgehead atoms. The zero-order valence-corrected chi connectivity index (χ0v) is 61.9. The van der Waals surface area contributed by atoms with Crippen molar-refractivity contribution in [2.45, 2.75) is 235 Å². The van der Waals surface area contributed by atoms with Gasteiger partial charge in [0, 0.05) is 66.4 Å². The minimum atomic E-state index is -1.14. The number of thiophene rings is 4. The van der Waals surface area contributed by atoms with Gasteiger partial charge in [0.1, 0.15) is 11.0 Å². The molecule has 1 aliphatic rings. The van der Waals surface area contributed by atoms with Gasteiger partial charge in [0.15, 0.2) is 0 Å². The molecule has 1 aliphatic heterocycles. The van der Waals surface area contributed by atoms with Gasteiger partial charge in [-0.3, -0.25) is 0 Å². The number of hydrogen-bond donors (Lipinski definition) is 0. The summed E-state index contributed by atoms with van der Waals surface area (Å²) in [5.41, 5.74) is 6.89. The van der Waals surface area contributed by atoms with Crippen molar-refractivity contribution in [1.82, 2.24) is 8.75 Å². The topological polar surface area (TPSA) is 25.8 Å². The molecule has 6 heterocycles. The Labute approximate surface area is 543 Å². The van der Waals surface area contributed by atoms with Crippen LogP contribution in [0.2, 0.25) is 0 Å². The molecule has 8 heteroatoms. The summed E-state index contributed by atoms with van der Waals surface area (Å²) in [7, 11) is -1.14. The first-order chi connectivity index (χ1) is 41.2. The zero-order chi connectivity index (χ0) is 63.1. The van der Waals surface area contributed by atoms with E-state index >= 15 is 0 Å². The van der Waals surface area contributed by atoms with E-state index in [1.165, 1.54) is 147 Å². The van der Waals surface area contributed by atoms with Crippen molar-refractivity contribution in [3.05, 3.63) is 140 Å². The van der Waals surface area contributed by atoms with Crippen molar-refractivity contribution in [3.8, 4) is 30.6 Å². The fraction of sp³-hybridized carbons (Fsp3) is 0.487. The molecular formula is C78H106N2S6. The number of rotatable bonds is 19. The highest BCUT2D eigenvalue weighted by Gasteiger charge is 2.45. The van der Waals surface area contributed by atoms with Gasteiger partial charge in [-0.25, -0.2) is 0 Å². The molecule has 5 aromatic heterocycles. The largest absolute Gasteiger partial charge is 0.184 e. The Morgan fingerprint density at radius 1 is 0.512 bits per heavy atom. The van der Waals surface area contributed by atoms with Crippen LogP contribution in [0, 0.1) is 18.8 Å². The molecule has 0 fully saturated rings. The lowest BCUT2D eigenvalue weighted by Gasteiger charge is -2.42. The van der Waals surface area contributed by atoms with Gasteiger partial charge in [-0.15, -0.1) is 45.3 Å². The lowest BCUT2D eigenvalue weighted by molar-refractivity contribution is 0.311. The third kappa shape index (κ3) is 13.3. The molecule has 0 radical (unpaired) electrons. The number of aromatic nitrogens is 2. The van der Waals surface area contributed by atoms with Crippen LogP contribution in [-0.2, 0) is 28.1 Å². The van der Waals surface area contributed by atoms with Crippen molar-refractivity contribution < 1.29 is 0 Å². The van der Waals surface area contributed by atoms with Crippen LogP contribution >= 0.6 is 67.1 Å².